The average Bonchev–Trinajstić information content (AvgIpc) is 2.88. The fourth-order valence-corrected chi connectivity index (χ4v) is 2.24. The van der Waals surface area contributed by atoms with Crippen LogP contribution >= 0.6 is 0 Å². The Labute approximate surface area is 109 Å². The van der Waals surface area contributed by atoms with Crippen molar-refractivity contribution in [1.82, 2.24) is 19.7 Å². The van der Waals surface area contributed by atoms with Crippen molar-refractivity contribution in [3.05, 3.63) is 41.5 Å². The standard InChI is InChI=1S/C14H22N4/c1-5-15-12(3)13-6-7-18(9-13)10-14-8-11(2)16-17(14)4/h6-9,12,15H,5,10H2,1-4H3. The highest BCUT2D eigenvalue weighted by Crippen LogP contribution is 2.14. The molecule has 0 aliphatic heterocycles. The van der Waals surface area contributed by atoms with Crippen LogP contribution in [0.3, 0.4) is 0 Å². The largest absolute Gasteiger partial charge is 0.348 e. The molecule has 1 N–H and O–H groups in total. The Morgan fingerprint density at radius 1 is 1.44 bits per heavy atom. The minimum absolute atomic E-state index is 0.407. The zero-order valence-electron chi connectivity index (χ0n) is 11.6. The van der Waals surface area contributed by atoms with Gasteiger partial charge in [-0.15, -0.1) is 0 Å². The van der Waals surface area contributed by atoms with Crippen LogP contribution in [0.5, 0.6) is 0 Å². The molecular formula is C14H22N4. The molecule has 1 unspecified atom stereocenters. The normalized spacial score (nSPS) is 12.9. The maximum Gasteiger partial charge on any atom is 0.0639 e. The Morgan fingerprint density at radius 2 is 2.22 bits per heavy atom. The number of nitrogens with one attached hydrogen (secondary N) is 1. The molecule has 18 heavy (non-hydrogen) atoms. The summed E-state index contributed by atoms with van der Waals surface area (Å²) >= 11 is 0. The minimum atomic E-state index is 0.407. The SMILES string of the molecule is CCNC(C)c1ccn(Cc2cc(C)nn2C)c1. The van der Waals surface area contributed by atoms with E-state index < -0.39 is 0 Å². The molecular weight excluding hydrogens is 224 g/mol. The Kier molecular flexibility index (Phi) is 3.87. The molecule has 98 valence electrons. The van der Waals surface area contributed by atoms with Crippen LogP contribution in [0.4, 0.5) is 0 Å². The lowest BCUT2D eigenvalue weighted by Crippen LogP contribution is -2.17. The summed E-state index contributed by atoms with van der Waals surface area (Å²) in [5.74, 6) is 0. The predicted octanol–water partition coefficient (Wildman–Crippen LogP) is 2.25. The van der Waals surface area contributed by atoms with Crippen LogP contribution < -0.4 is 5.32 Å². The molecule has 4 heteroatoms. The van der Waals surface area contributed by atoms with Crippen molar-refractivity contribution in [1.29, 1.82) is 0 Å². The van der Waals surface area contributed by atoms with E-state index in [2.05, 4.69) is 53.4 Å². The molecule has 0 bridgehead atoms. The number of aromatic nitrogens is 3. The summed E-state index contributed by atoms with van der Waals surface area (Å²) in [4.78, 5) is 0. The Bertz CT molecular complexity index is 510. The molecule has 0 amide bonds. The summed E-state index contributed by atoms with van der Waals surface area (Å²) in [6, 6.07) is 4.72. The van der Waals surface area contributed by atoms with Crippen LogP contribution in [0, 0.1) is 6.92 Å². The van der Waals surface area contributed by atoms with Crippen LogP contribution in [0.1, 0.15) is 36.8 Å². The first-order valence-corrected chi connectivity index (χ1v) is 6.48. The van der Waals surface area contributed by atoms with E-state index in [0.717, 1.165) is 18.8 Å². The van der Waals surface area contributed by atoms with Crippen molar-refractivity contribution >= 4 is 0 Å². The first-order valence-electron chi connectivity index (χ1n) is 6.48. The molecule has 2 aromatic heterocycles. The van der Waals surface area contributed by atoms with Crippen LogP contribution in [0.25, 0.3) is 0 Å². The Hall–Kier alpha value is -1.55. The van der Waals surface area contributed by atoms with Gasteiger partial charge in [0.15, 0.2) is 0 Å². The Balaban J connectivity index is 2.09. The van der Waals surface area contributed by atoms with Crippen molar-refractivity contribution in [3.8, 4) is 0 Å². The van der Waals surface area contributed by atoms with Gasteiger partial charge in [-0.25, -0.2) is 0 Å². The van der Waals surface area contributed by atoms with Crippen molar-refractivity contribution in [2.75, 3.05) is 6.54 Å². The topological polar surface area (TPSA) is 34.8 Å². The van der Waals surface area contributed by atoms with E-state index >= 15 is 0 Å². The van der Waals surface area contributed by atoms with Gasteiger partial charge in [-0.3, -0.25) is 4.68 Å². The molecule has 0 saturated heterocycles. The summed E-state index contributed by atoms with van der Waals surface area (Å²) in [5, 5.41) is 7.79. The quantitative estimate of drug-likeness (QED) is 0.878. The van der Waals surface area contributed by atoms with Crippen LogP contribution in [0.2, 0.25) is 0 Å². The van der Waals surface area contributed by atoms with Crippen LogP contribution in [-0.4, -0.2) is 20.9 Å². The van der Waals surface area contributed by atoms with Crippen molar-refractivity contribution < 1.29 is 0 Å². The molecule has 2 heterocycles. The monoisotopic (exact) mass is 246 g/mol. The zero-order chi connectivity index (χ0) is 13.1. The summed E-state index contributed by atoms with van der Waals surface area (Å²) in [7, 11) is 1.99. The number of rotatable bonds is 5. The highest BCUT2D eigenvalue weighted by Gasteiger charge is 2.07. The van der Waals surface area contributed by atoms with E-state index in [-0.39, 0.29) is 0 Å². The maximum atomic E-state index is 4.37. The van der Waals surface area contributed by atoms with Crippen molar-refractivity contribution in [2.45, 2.75) is 33.4 Å². The Morgan fingerprint density at radius 3 is 2.83 bits per heavy atom. The van der Waals surface area contributed by atoms with Gasteiger partial charge in [0.05, 0.1) is 17.9 Å². The van der Waals surface area contributed by atoms with Gasteiger partial charge in [-0.1, -0.05) is 6.92 Å². The molecule has 2 aromatic rings. The molecule has 0 radical (unpaired) electrons. The molecule has 0 aromatic carbocycles. The number of aryl methyl sites for hydroxylation is 2. The molecule has 0 saturated carbocycles. The van der Waals surface area contributed by atoms with E-state index in [4.69, 9.17) is 0 Å². The summed E-state index contributed by atoms with van der Waals surface area (Å²) in [6.07, 6.45) is 4.33. The minimum Gasteiger partial charge on any atom is -0.348 e. The van der Waals surface area contributed by atoms with Gasteiger partial charge in [0.2, 0.25) is 0 Å². The van der Waals surface area contributed by atoms with Gasteiger partial charge in [0.25, 0.3) is 0 Å². The number of hydrogen-bond acceptors (Lipinski definition) is 2. The lowest BCUT2D eigenvalue weighted by Gasteiger charge is -2.10. The molecule has 0 aliphatic carbocycles. The van der Waals surface area contributed by atoms with Gasteiger partial charge < -0.3 is 9.88 Å². The van der Waals surface area contributed by atoms with Gasteiger partial charge in [0.1, 0.15) is 0 Å². The predicted molar refractivity (Wildman–Crippen MR) is 73.6 cm³/mol. The molecule has 4 nitrogen and oxygen atoms in total. The molecule has 1 atom stereocenters. The van der Waals surface area contributed by atoms with E-state index in [1.165, 1.54) is 11.3 Å². The van der Waals surface area contributed by atoms with E-state index in [0.29, 0.717) is 6.04 Å². The number of nitrogens with zero attached hydrogens (tertiary/aromatic N) is 3. The second kappa shape index (κ2) is 5.40. The molecule has 2 rings (SSSR count). The van der Waals surface area contributed by atoms with E-state index in [1.54, 1.807) is 0 Å². The smallest absolute Gasteiger partial charge is 0.0639 e. The van der Waals surface area contributed by atoms with Crippen molar-refractivity contribution in [3.63, 3.8) is 0 Å². The maximum absolute atomic E-state index is 4.37. The summed E-state index contributed by atoms with van der Waals surface area (Å²) < 4.78 is 4.16. The first kappa shape index (κ1) is 12.9. The third-order valence-electron chi connectivity index (χ3n) is 3.23. The molecule has 0 spiro atoms. The fraction of sp³-hybridized carbons (Fsp3) is 0.500. The second-order valence-electron chi connectivity index (χ2n) is 4.80. The van der Waals surface area contributed by atoms with Gasteiger partial charge in [-0.05, 0) is 38.1 Å². The van der Waals surface area contributed by atoms with Crippen LogP contribution in [-0.2, 0) is 13.6 Å². The third kappa shape index (κ3) is 2.82. The van der Waals surface area contributed by atoms with Crippen LogP contribution in [0.15, 0.2) is 24.5 Å². The van der Waals surface area contributed by atoms with Gasteiger partial charge >= 0.3 is 0 Å². The molecule has 0 fully saturated rings. The highest BCUT2D eigenvalue weighted by atomic mass is 15.3. The lowest BCUT2D eigenvalue weighted by molar-refractivity contribution is 0.595. The lowest BCUT2D eigenvalue weighted by atomic mass is 10.2. The van der Waals surface area contributed by atoms with Crippen molar-refractivity contribution in [2.24, 2.45) is 7.05 Å². The highest BCUT2D eigenvalue weighted by molar-refractivity contribution is 5.17. The first-order chi connectivity index (χ1) is 8.60. The third-order valence-corrected chi connectivity index (χ3v) is 3.23. The van der Waals surface area contributed by atoms with E-state index in [1.807, 2.05) is 18.7 Å². The summed E-state index contributed by atoms with van der Waals surface area (Å²) in [5.41, 5.74) is 3.63. The summed E-state index contributed by atoms with van der Waals surface area (Å²) in [6.45, 7) is 8.21. The van der Waals surface area contributed by atoms with E-state index in [9.17, 15) is 0 Å². The second-order valence-corrected chi connectivity index (χ2v) is 4.80. The number of hydrogen-bond donors (Lipinski definition) is 1. The van der Waals surface area contributed by atoms with Gasteiger partial charge in [-0.2, -0.15) is 5.10 Å². The average molecular weight is 246 g/mol. The van der Waals surface area contributed by atoms with Gasteiger partial charge in [0, 0.05) is 25.5 Å². The fourth-order valence-electron chi connectivity index (χ4n) is 2.24. The zero-order valence-corrected chi connectivity index (χ0v) is 11.6. The molecule has 0 aliphatic rings.